The molecule has 4 aliphatic rings. The molecule has 0 N–H and O–H groups in total. The van der Waals surface area contributed by atoms with Crippen LogP contribution in [0.3, 0.4) is 0 Å². The fourth-order valence-electron chi connectivity index (χ4n) is 5.79. The van der Waals surface area contributed by atoms with Gasteiger partial charge in [-0.15, -0.1) is 10.2 Å². The maximum Gasteiger partial charge on any atom is 0.159 e. The topological polar surface area (TPSA) is 52.4 Å². The SMILES string of the molecule is CC1(C)CN(Cc2nnc3n2CCOC3)C[C@]2(C[C@@H]3CC[C@H]2C3)O1. The van der Waals surface area contributed by atoms with Crippen molar-refractivity contribution in [1.29, 1.82) is 0 Å². The van der Waals surface area contributed by atoms with Crippen molar-refractivity contribution in [3.05, 3.63) is 11.6 Å². The first kappa shape index (κ1) is 15.3. The van der Waals surface area contributed by atoms with Crippen LogP contribution in [0.5, 0.6) is 0 Å². The summed E-state index contributed by atoms with van der Waals surface area (Å²) in [4.78, 5) is 2.57. The van der Waals surface area contributed by atoms with Crippen LogP contribution in [-0.2, 0) is 29.2 Å². The van der Waals surface area contributed by atoms with Crippen molar-refractivity contribution in [2.45, 2.75) is 70.4 Å². The predicted molar refractivity (Wildman–Crippen MR) is 88.3 cm³/mol. The zero-order valence-corrected chi connectivity index (χ0v) is 14.8. The maximum absolute atomic E-state index is 6.71. The van der Waals surface area contributed by atoms with Crippen LogP contribution in [0.15, 0.2) is 0 Å². The molecule has 6 nitrogen and oxygen atoms in total. The highest BCUT2D eigenvalue weighted by molar-refractivity contribution is 5.08. The van der Waals surface area contributed by atoms with Crippen LogP contribution in [-0.4, -0.2) is 50.6 Å². The molecular formula is C18H28N4O2. The minimum absolute atomic E-state index is 0.0819. The molecule has 2 bridgehead atoms. The fraction of sp³-hybridized carbons (Fsp3) is 0.889. The van der Waals surface area contributed by atoms with Crippen LogP contribution in [0.4, 0.5) is 0 Å². The molecule has 0 radical (unpaired) electrons. The maximum atomic E-state index is 6.71. The van der Waals surface area contributed by atoms with Gasteiger partial charge in [-0.2, -0.15) is 0 Å². The Balaban J connectivity index is 1.39. The molecule has 3 heterocycles. The number of hydrogen-bond donors (Lipinski definition) is 0. The molecule has 3 atom stereocenters. The van der Waals surface area contributed by atoms with Gasteiger partial charge in [-0.05, 0) is 51.4 Å². The van der Waals surface area contributed by atoms with E-state index in [1.807, 2.05) is 0 Å². The highest BCUT2D eigenvalue weighted by atomic mass is 16.5. The zero-order chi connectivity index (χ0) is 16.4. The van der Waals surface area contributed by atoms with Crippen molar-refractivity contribution in [3.63, 3.8) is 0 Å². The summed E-state index contributed by atoms with van der Waals surface area (Å²) in [7, 11) is 0. The Morgan fingerprint density at radius 1 is 1.21 bits per heavy atom. The Morgan fingerprint density at radius 2 is 2.12 bits per heavy atom. The second-order valence-corrected chi connectivity index (χ2v) is 8.89. The predicted octanol–water partition coefficient (Wildman–Crippen LogP) is 1.98. The second kappa shape index (κ2) is 5.26. The highest BCUT2D eigenvalue weighted by Crippen LogP contribution is 2.55. The van der Waals surface area contributed by atoms with Crippen LogP contribution >= 0.6 is 0 Å². The van der Waals surface area contributed by atoms with Gasteiger partial charge in [0.05, 0.1) is 24.4 Å². The minimum Gasteiger partial charge on any atom is -0.372 e. The summed E-state index contributed by atoms with van der Waals surface area (Å²) in [6.45, 7) is 9.62. The van der Waals surface area contributed by atoms with E-state index in [1.165, 1.54) is 25.7 Å². The van der Waals surface area contributed by atoms with Crippen molar-refractivity contribution in [2.75, 3.05) is 19.7 Å². The van der Waals surface area contributed by atoms with Gasteiger partial charge in [0.25, 0.3) is 0 Å². The van der Waals surface area contributed by atoms with Gasteiger partial charge in [0.15, 0.2) is 5.82 Å². The van der Waals surface area contributed by atoms with Crippen LogP contribution in [0.1, 0.15) is 51.2 Å². The van der Waals surface area contributed by atoms with Crippen molar-refractivity contribution < 1.29 is 9.47 Å². The second-order valence-electron chi connectivity index (χ2n) is 8.89. The summed E-state index contributed by atoms with van der Waals surface area (Å²) in [5, 5.41) is 8.77. The number of nitrogens with zero attached hydrogens (tertiary/aromatic N) is 4. The highest BCUT2D eigenvalue weighted by Gasteiger charge is 2.56. The van der Waals surface area contributed by atoms with Crippen LogP contribution in [0.25, 0.3) is 0 Å². The van der Waals surface area contributed by atoms with Gasteiger partial charge in [0.1, 0.15) is 12.4 Å². The van der Waals surface area contributed by atoms with E-state index in [2.05, 4.69) is 33.5 Å². The molecule has 1 saturated heterocycles. The quantitative estimate of drug-likeness (QED) is 0.829. The number of rotatable bonds is 2. The van der Waals surface area contributed by atoms with E-state index in [4.69, 9.17) is 9.47 Å². The zero-order valence-electron chi connectivity index (χ0n) is 14.8. The number of ether oxygens (including phenoxy) is 2. The Kier molecular flexibility index (Phi) is 3.35. The summed E-state index contributed by atoms with van der Waals surface area (Å²) in [5.41, 5.74) is -0.00484. The molecule has 3 fully saturated rings. The average Bonchev–Trinajstić information content (AvgIpc) is 3.20. The third-order valence-corrected chi connectivity index (χ3v) is 6.45. The molecule has 132 valence electrons. The van der Waals surface area contributed by atoms with E-state index < -0.39 is 0 Å². The van der Waals surface area contributed by atoms with Gasteiger partial charge in [-0.1, -0.05) is 0 Å². The summed E-state index contributed by atoms with van der Waals surface area (Å²) < 4.78 is 14.4. The van der Waals surface area contributed by atoms with Crippen LogP contribution < -0.4 is 0 Å². The number of hydrogen-bond acceptors (Lipinski definition) is 5. The standard InChI is InChI=1S/C18H28N4O2/c1-17(2)11-21(9-15-19-20-16-10-23-6-5-22(15)16)12-18(24-17)8-13-3-4-14(18)7-13/h13-14H,3-12H2,1-2H3/t13-,14+,18+/m1/s1. The lowest BCUT2D eigenvalue weighted by molar-refractivity contribution is -0.218. The van der Waals surface area contributed by atoms with Crippen molar-refractivity contribution in [1.82, 2.24) is 19.7 Å². The first-order chi connectivity index (χ1) is 11.5. The molecule has 1 aromatic rings. The van der Waals surface area contributed by atoms with E-state index in [0.29, 0.717) is 6.61 Å². The van der Waals surface area contributed by atoms with Gasteiger partial charge in [-0.3, -0.25) is 4.90 Å². The number of aromatic nitrogens is 3. The van der Waals surface area contributed by atoms with Crippen LogP contribution in [0.2, 0.25) is 0 Å². The van der Waals surface area contributed by atoms with E-state index in [9.17, 15) is 0 Å². The van der Waals surface area contributed by atoms with Gasteiger partial charge in [-0.25, -0.2) is 0 Å². The monoisotopic (exact) mass is 332 g/mol. The average molecular weight is 332 g/mol. The van der Waals surface area contributed by atoms with Gasteiger partial charge >= 0.3 is 0 Å². The lowest BCUT2D eigenvalue weighted by Crippen LogP contribution is -2.61. The lowest BCUT2D eigenvalue weighted by Gasteiger charge is -2.52. The van der Waals surface area contributed by atoms with E-state index in [-0.39, 0.29) is 11.2 Å². The lowest BCUT2D eigenvalue weighted by atomic mass is 9.81. The molecule has 24 heavy (non-hydrogen) atoms. The first-order valence-electron chi connectivity index (χ1n) is 9.44. The Morgan fingerprint density at radius 3 is 2.92 bits per heavy atom. The molecule has 0 aromatic carbocycles. The Hall–Kier alpha value is -0.980. The molecule has 2 aliphatic heterocycles. The third kappa shape index (κ3) is 2.42. The van der Waals surface area contributed by atoms with Gasteiger partial charge in [0, 0.05) is 19.6 Å². The van der Waals surface area contributed by atoms with Crippen molar-refractivity contribution in [3.8, 4) is 0 Å². The fourth-order valence-corrected chi connectivity index (χ4v) is 5.79. The summed E-state index contributed by atoms with van der Waals surface area (Å²) >= 11 is 0. The van der Waals surface area contributed by atoms with E-state index in [0.717, 1.165) is 56.3 Å². The third-order valence-electron chi connectivity index (χ3n) is 6.45. The Bertz CT molecular complexity index is 643. The smallest absolute Gasteiger partial charge is 0.159 e. The number of morpholine rings is 1. The van der Waals surface area contributed by atoms with Crippen molar-refractivity contribution in [2.24, 2.45) is 11.8 Å². The number of fused-ring (bicyclic) bond motifs is 4. The molecule has 5 rings (SSSR count). The molecule has 2 saturated carbocycles. The van der Waals surface area contributed by atoms with Gasteiger partial charge in [0.2, 0.25) is 0 Å². The Labute approximate surface area is 143 Å². The van der Waals surface area contributed by atoms with Crippen LogP contribution in [0, 0.1) is 11.8 Å². The van der Waals surface area contributed by atoms with E-state index in [1.54, 1.807) is 0 Å². The normalized spacial score (nSPS) is 37.9. The molecule has 1 aromatic heterocycles. The molecule has 6 heteroatoms. The molecule has 2 aliphatic carbocycles. The molecule has 0 unspecified atom stereocenters. The first-order valence-corrected chi connectivity index (χ1v) is 9.44. The molecular weight excluding hydrogens is 304 g/mol. The largest absolute Gasteiger partial charge is 0.372 e. The summed E-state index contributed by atoms with van der Waals surface area (Å²) in [6.07, 6.45) is 5.39. The minimum atomic E-state index is -0.0867. The van der Waals surface area contributed by atoms with Crippen molar-refractivity contribution >= 4 is 0 Å². The molecule has 0 amide bonds. The molecule has 1 spiro atoms. The summed E-state index contributed by atoms with van der Waals surface area (Å²) in [5.74, 6) is 3.71. The summed E-state index contributed by atoms with van der Waals surface area (Å²) in [6, 6.07) is 0. The van der Waals surface area contributed by atoms with Gasteiger partial charge < -0.3 is 14.0 Å². The van der Waals surface area contributed by atoms with E-state index >= 15 is 0 Å².